The van der Waals surface area contributed by atoms with Gasteiger partial charge in [-0.25, -0.2) is 0 Å². The monoisotopic (exact) mass is 556 g/mol. The lowest BCUT2D eigenvalue weighted by Crippen LogP contribution is -2.45. The summed E-state index contributed by atoms with van der Waals surface area (Å²) in [5.41, 5.74) is 0.493. The second kappa shape index (κ2) is 9.67. The average molecular weight is 557 g/mol. The van der Waals surface area contributed by atoms with E-state index in [9.17, 15) is 35.1 Å². The van der Waals surface area contributed by atoms with Crippen molar-refractivity contribution in [1.29, 1.82) is 0 Å². The van der Waals surface area contributed by atoms with Crippen LogP contribution >= 0.6 is 0 Å². The van der Waals surface area contributed by atoms with Crippen LogP contribution in [0.25, 0.3) is 0 Å². The molecular formula is C31H24O10. The summed E-state index contributed by atoms with van der Waals surface area (Å²) in [6.07, 6.45) is -2.23. The number of ether oxygens (including phenoxy) is 3. The van der Waals surface area contributed by atoms with Gasteiger partial charge in [-0.15, -0.1) is 0 Å². The van der Waals surface area contributed by atoms with Crippen molar-refractivity contribution in [2.24, 2.45) is 11.8 Å². The number of phenols is 5. The number of hydrogen-bond donors (Lipinski definition) is 5. The Kier molecular flexibility index (Phi) is 6.10. The molecule has 0 saturated carbocycles. The number of phenolic OH excluding ortho intramolecular Hbond substituents is 5. The Balaban J connectivity index is 1.58. The van der Waals surface area contributed by atoms with Gasteiger partial charge in [-0.1, -0.05) is 24.3 Å². The van der Waals surface area contributed by atoms with Crippen molar-refractivity contribution in [2.45, 2.75) is 12.2 Å². The van der Waals surface area contributed by atoms with E-state index in [0.29, 0.717) is 16.9 Å². The third kappa shape index (κ3) is 4.29. The fourth-order valence-electron chi connectivity index (χ4n) is 5.59. The zero-order valence-corrected chi connectivity index (χ0v) is 21.5. The summed E-state index contributed by atoms with van der Waals surface area (Å²) in [7, 11) is 1.50. The lowest BCUT2D eigenvalue weighted by atomic mass is 9.69. The molecule has 10 heteroatoms. The normalized spacial score (nSPS) is 21.3. The van der Waals surface area contributed by atoms with Crippen LogP contribution in [0.15, 0.2) is 72.8 Å². The molecule has 2 heterocycles. The van der Waals surface area contributed by atoms with E-state index in [1.807, 2.05) is 0 Å². The molecular weight excluding hydrogens is 532 g/mol. The number of rotatable bonds is 4. The van der Waals surface area contributed by atoms with E-state index in [1.165, 1.54) is 43.5 Å². The molecule has 0 spiro atoms. The topological polar surface area (TPSA) is 163 Å². The standard InChI is InChI=1S/C31H24O10/c1-39-19-8-4-15(5-9-19)31-27(29(38)25-21(36)11-18(34)13-23(25)41-31)26-28(37)24-20(35)10-17(33)12-22(24)40-30(26)14-2-6-16(32)7-3-14/h2-13,26-27,30-36H,1H3/t26-,27-,30-,31+/m0/s1. The van der Waals surface area contributed by atoms with Crippen molar-refractivity contribution in [3.05, 3.63) is 95.1 Å². The zero-order chi connectivity index (χ0) is 29.0. The second-order valence-corrected chi connectivity index (χ2v) is 9.90. The second-order valence-electron chi connectivity index (χ2n) is 9.90. The SMILES string of the molecule is COc1ccc([C@H]2Oc3cc(O)cc(O)c3C(=O)[C@@H]2[C@H]2C(=O)c3c(O)cc(O)cc3O[C@H]2c2ccc(O)cc2)cc1. The minimum absolute atomic E-state index is 0.0324. The van der Waals surface area contributed by atoms with Crippen molar-refractivity contribution >= 4 is 11.6 Å². The summed E-state index contributed by atoms with van der Waals surface area (Å²) in [5.74, 6) is -5.23. The predicted molar refractivity (Wildman–Crippen MR) is 143 cm³/mol. The maximum absolute atomic E-state index is 14.3. The third-order valence-corrected chi connectivity index (χ3v) is 7.44. The molecule has 0 aromatic heterocycles. The summed E-state index contributed by atoms with van der Waals surface area (Å²) in [6, 6.07) is 17.0. The van der Waals surface area contributed by atoms with Crippen LogP contribution in [0.1, 0.15) is 44.1 Å². The number of benzene rings is 4. The van der Waals surface area contributed by atoms with E-state index in [-0.39, 0.29) is 39.9 Å². The number of ketones is 2. The highest BCUT2D eigenvalue weighted by molar-refractivity contribution is 6.11. The quantitative estimate of drug-likeness (QED) is 0.236. The minimum Gasteiger partial charge on any atom is -0.508 e. The Morgan fingerprint density at radius 2 is 1.00 bits per heavy atom. The summed E-state index contributed by atoms with van der Waals surface area (Å²) in [5, 5.41) is 51.4. The van der Waals surface area contributed by atoms with Crippen LogP contribution in [0.4, 0.5) is 0 Å². The van der Waals surface area contributed by atoms with Gasteiger partial charge in [0.15, 0.2) is 11.6 Å². The first kappa shape index (κ1) is 25.9. The molecule has 0 saturated heterocycles. The molecule has 6 rings (SSSR count). The van der Waals surface area contributed by atoms with Crippen LogP contribution in [0, 0.1) is 11.8 Å². The van der Waals surface area contributed by atoms with Gasteiger partial charge in [0.2, 0.25) is 0 Å². The van der Waals surface area contributed by atoms with Gasteiger partial charge >= 0.3 is 0 Å². The maximum Gasteiger partial charge on any atom is 0.178 e. The number of Topliss-reactive ketones (excluding diaryl/α,β-unsaturated/α-hetero) is 2. The van der Waals surface area contributed by atoms with Crippen molar-refractivity contribution in [2.75, 3.05) is 7.11 Å². The van der Waals surface area contributed by atoms with Gasteiger partial charge in [0, 0.05) is 24.3 Å². The number of aromatic hydroxyl groups is 5. The van der Waals surface area contributed by atoms with E-state index in [4.69, 9.17) is 14.2 Å². The summed E-state index contributed by atoms with van der Waals surface area (Å²) >= 11 is 0. The Morgan fingerprint density at radius 3 is 1.41 bits per heavy atom. The summed E-state index contributed by atoms with van der Waals surface area (Å²) < 4.78 is 17.7. The Bertz CT molecular complexity index is 1680. The summed E-state index contributed by atoms with van der Waals surface area (Å²) in [4.78, 5) is 28.6. The van der Waals surface area contributed by atoms with E-state index in [1.54, 1.807) is 24.3 Å². The maximum atomic E-state index is 14.3. The summed E-state index contributed by atoms with van der Waals surface area (Å²) in [6.45, 7) is 0. The fraction of sp³-hybridized carbons (Fsp3) is 0.161. The van der Waals surface area contributed by atoms with Gasteiger partial charge in [0.1, 0.15) is 69.3 Å². The Hall–Kier alpha value is -5.38. The molecule has 4 aromatic carbocycles. The highest BCUT2D eigenvalue weighted by atomic mass is 16.5. The third-order valence-electron chi connectivity index (χ3n) is 7.44. The Labute approximate surface area is 233 Å². The van der Waals surface area contributed by atoms with Gasteiger partial charge in [-0.3, -0.25) is 9.59 Å². The number of methoxy groups -OCH3 is 1. The molecule has 4 aromatic rings. The first-order chi connectivity index (χ1) is 19.7. The number of carbonyl (C=O) groups is 2. The first-order valence-corrected chi connectivity index (χ1v) is 12.6. The van der Waals surface area contributed by atoms with E-state index in [2.05, 4.69) is 0 Å². The van der Waals surface area contributed by atoms with Crippen molar-refractivity contribution < 1.29 is 49.3 Å². The number of carbonyl (C=O) groups excluding carboxylic acids is 2. The molecule has 0 bridgehead atoms. The molecule has 0 fully saturated rings. The zero-order valence-electron chi connectivity index (χ0n) is 21.5. The van der Waals surface area contributed by atoms with Crippen LogP contribution in [-0.4, -0.2) is 44.2 Å². The van der Waals surface area contributed by atoms with Gasteiger partial charge < -0.3 is 39.7 Å². The van der Waals surface area contributed by atoms with Crippen molar-refractivity contribution in [1.82, 2.24) is 0 Å². The van der Waals surface area contributed by atoms with Crippen LogP contribution in [0.2, 0.25) is 0 Å². The van der Waals surface area contributed by atoms with Gasteiger partial charge in [0.05, 0.1) is 18.9 Å². The molecule has 208 valence electrons. The number of fused-ring (bicyclic) bond motifs is 2. The van der Waals surface area contributed by atoms with Crippen LogP contribution in [-0.2, 0) is 0 Å². The van der Waals surface area contributed by atoms with Crippen molar-refractivity contribution in [3.63, 3.8) is 0 Å². The van der Waals surface area contributed by atoms with Crippen LogP contribution in [0.5, 0.6) is 46.0 Å². The molecule has 0 aliphatic carbocycles. The molecule has 4 atom stereocenters. The van der Waals surface area contributed by atoms with Gasteiger partial charge in [0.25, 0.3) is 0 Å². The molecule has 2 aliphatic rings. The largest absolute Gasteiger partial charge is 0.508 e. The van der Waals surface area contributed by atoms with E-state index in [0.717, 1.165) is 12.1 Å². The Morgan fingerprint density at radius 1 is 0.585 bits per heavy atom. The fourth-order valence-corrected chi connectivity index (χ4v) is 5.59. The molecule has 10 nitrogen and oxygen atoms in total. The number of hydrogen-bond acceptors (Lipinski definition) is 10. The molecule has 0 radical (unpaired) electrons. The van der Waals surface area contributed by atoms with Gasteiger partial charge in [-0.2, -0.15) is 0 Å². The lowest BCUT2D eigenvalue weighted by molar-refractivity contribution is 0.0129. The predicted octanol–water partition coefficient (Wildman–Crippen LogP) is 4.79. The highest BCUT2D eigenvalue weighted by Gasteiger charge is 2.53. The lowest BCUT2D eigenvalue weighted by Gasteiger charge is -2.42. The van der Waals surface area contributed by atoms with Crippen molar-refractivity contribution in [3.8, 4) is 46.0 Å². The molecule has 2 aliphatic heterocycles. The smallest absolute Gasteiger partial charge is 0.178 e. The molecule has 41 heavy (non-hydrogen) atoms. The van der Waals surface area contributed by atoms with E-state index >= 15 is 0 Å². The first-order valence-electron chi connectivity index (χ1n) is 12.6. The molecule has 0 unspecified atom stereocenters. The highest BCUT2D eigenvalue weighted by Crippen LogP contribution is 2.53. The van der Waals surface area contributed by atoms with Gasteiger partial charge in [-0.05, 0) is 35.4 Å². The average Bonchev–Trinajstić information content (AvgIpc) is 2.93. The van der Waals surface area contributed by atoms with Crippen LogP contribution in [0.3, 0.4) is 0 Å². The molecule has 5 N–H and O–H groups in total. The van der Waals surface area contributed by atoms with Crippen LogP contribution < -0.4 is 14.2 Å². The minimum atomic E-state index is -1.30. The molecule has 0 amide bonds. The van der Waals surface area contributed by atoms with E-state index < -0.39 is 47.1 Å².